The van der Waals surface area contributed by atoms with Crippen LogP contribution in [0.15, 0.2) is 24.3 Å². The molecule has 6 nitrogen and oxygen atoms in total. The van der Waals surface area contributed by atoms with Crippen LogP contribution in [0.4, 0.5) is 0 Å². The smallest absolute Gasteiger partial charge is 0.265 e. The number of thiazole rings is 1. The third-order valence-corrected chi connectivity index (χ3v) is 7.50. The van der Waals surface area contributed by atoms with E-state index in [4.69, 9.17) is 0 Å². The quantitative estimate of drug-likeness (QED) is 0.616. The highest BCUT2D eigenvalue weighted by Gasteiger charge is 2.27. The van der Waals surface area contributed by atoms with Crippen molar-refractivity contribution in [2.75, 3.05) is 39.3 Å². The number of piperidine rings is 1. The zero-order valence-corrected chi connectivity index (χ0v) is 20.6. The second kappa shape index (κ2) is 11.6. The Labute approximate surface area is 196 Å². The molecule has 2 aromatic rings. The summed E-state index contributed by atoms with van der Waals surface area (Å²) in [6.45, 7) is 13.3. The lowest BCUT2D eigenvalue weighted by molar-refractivity contribution is -0.122. The van der Waals surface area contributed by atoms with Crippen LogP contribution < -0.4 is 5.32 Å². The summed E-state index contributed by atoms with van der Waals surface area (Å²) >= 11 is 1.48. The van der Waals surface area contributed by atoms with Gasteiger partial charge in [-0.15, -0.1) is 11.3 Å². The first-order valence-electron chi connectivity index (χ1n) is 11.7. The molecule has 0 saturated carbocycles. The molecule has 1 fully saturated rings. The van der Waals surface area contributed by atoms with Gasteiger partial charge in [0.1, 0.15) is 9.88 Å². The molecule has 1 aliphatic rings. The molecule has 2 amide bonds. The minimum absolute atomic E-state index is 0.0699. The van der Waals surface area contributed by atoms with Crippen molar-refractivity contribution in [1.82, 2.24) is 20.1 Å². The molecule has 0 radical (unpaired) electrons. The Morgan fingerprint density at radius 2 is 1.78 bits per heavy atom. The van der Waals surface area contributed by atoms with Gasteiger partial charge >= 0.3 is 0 Å². The predicted molar refractivity (Wildman–Crippen MR) is 131 cm³/mol. The van der Waals surface area contributed by atoms with E-state index in [1.54, 1.807) is 0 Å². The van der Waals surface area contributed by atoms with E-state index in [0.29, 0.717) is 32.0 Å². The van der Waals surface area contributed by atoms with Gasteiger partial charge in [0.05, 0.1) is 5.69 Å². The first-order chi connectivity index (χ1) is 15.4. The van der Waals surface area contributed by atoms with Gasteiger partial charge in [0, 0.05) is 38.2 Å². The van der Waals surface area contributed by atoms with E-state index < -0.39 is 0 Å². The van der Waals surface area contributed by atoms with Crippen LogP contribution in [0.5, 0.6) is 0 Å². The number of nitrogens with zero attached hydrogens (tertiary/aromatic N) is 3. The Kier molecular flexibility index (Phi) is 8.82. The molecular formula is C25H36N4O2S. The van der Waals surface area contributed by atoms with Crippen molar-refractivity contribution in [3.63, 3.8) is 0 Å². The molecule has 1 N–H and O–H groups in total. The van der Waals surface area contributed by atoms with Crippen LogP contribution in [0.1, 0.15) is 54.0 Å². The van der Waals surface area contributed by atoms with Gasteiger partial charge in [-0.2, -0.15) is 0 Å². The Balaban J connectivity index is 1.48. The molecule has 32 heavy (non-hydrogen) atoms. The van der Waals surface area contributed by atoms with E-state index >= 15 is 0 Å². The van der Waals surface area contributed by atoms with Crippen LogP contribution in [0.2, 0.25) is 0 Å². The summed E-state index contributed by atoms with van der Waals surface area (Å²) in [6.07, 6.45) is 2.30. The molecule has 174 valence electrons. The van der Waals surface area contributed by atoms with E-state index in [-0.39, 0.29) is 11.8 Å². The Morgan fingerprint density at radius 3 is 2.41 bits per heavy atom. The fourth-order valence-corrected chi connectivity index (χ4v) is 5.17. The van der Waals surface area contributed by atoms with Gasteiger partial charge in [-0.05, 0) is 45.7 Å². The molecule has 1 aromatic heterocycles. The number of likely N-dealkylation sites (N-methyl/N-ethyl adjacent to an activating group) is 1. The highest BCUT2D eigenvalue weighted by Crippen LogP contribution is 2.30. The molecule has 1 aromatic carbocycles. The molecule has 3 rings (SSSR count). The number of likely N-dealkylation sites (tertiary alicyclic amines) is 1. The van der Waals surface area contributed by atoms with Gasteiger partial charge in [-0.1, -0.05) is 43.7 Å². The van der Waals surface area contributed by atoms with Crippen molar-refractivity contribution in [3.05, 3.63) is 40.4 Å². The number of carbonyl (C=O) groups is 2. The van der Waals surface area contributed by atoms with Gasteiger partial charge in [-0.3, -0.25) is 9.59 Å². The highest BCUT2D eigenvalue weighted by molar-refractivity contribution is 7.17. The maximum absolute atomic E-state index is 13.1. The monoisotopic (exact) mass is 456 g/mol. The number of amides is 2. The number of aromatic nitrogens is 1. The minimum atomic E-state index is 0.0699. The third kappa shape index (κ3) is 6.39. The number of nitrogens with one attached hydrogen (secondary N) is 1. The van der Waals surface area contributed by atoms with Crippen molar-refractivity contribution in [2.24, 2.45) is 5.92 Å². The van der Waals surface area contributed by atoms with E-state index in [9.17, 15) is 9.59 Å². The maximum atomic E-state index is 13.1. The average Bonchev–Trinajstić information content (AvgIpc) is 3.18. The first-order valence-corrected chi connectivity index (χ1v) is 12.6. The summed E-state index contributed by atoms with van der Waals surface area (Å²) in [6, 6.07) is 8.25. The molecule has 0 bridgehead atoms. The summed E-state index contributed by atoms with van der Waals surface area (Å²) in [4.78, 5) is 35.0. The second-order valence-electron chi connectivity index (χ2n) is 8.62. The number of aryl methyl sites for hydroxylation is 2. The Hall–Kier alpha value is -2.25. The topological polar surface area (TPSA) is 65.5 Å². The van der Waals surface area contributed by atoms with Crippen LogP contribution in [-0.2, 0) is 4.79 Å². The fraction of sp³-hybridized carbons (Fsp3) is 0.560. The summed E-state index contributed by atoms with van der Waals surface area (Å²) in [7, 11) is 0. The molecule has 0 aliphatic carbocycles. The van der Waals surface area contributed by atoms with Crippen molar-refractivity contribution in [1.29, 1.82) is 0 Å². The SMILES string of the molecule is CCN(CC)CCNC(=O)CC1CCN(C(=O)c2sc(-c3ccc(C)cc3)nc2C)CC1. The van der Waals surface area contributed by atoms with Gasteiger partial charge in [0.2, 0.25) is 5.91 Å². The number of rotatable bonds is 9. The summed E-state index contributed by atoms with van der Waals surface area (Å²) in [5.74, 6) is 0.543. The number of hydrogen-bond acceptors (Lipinski definition) is 5. The minimum Gasteiger partial charge on any atom is -0.355 e. The largest absolute Gasteiger partial charge is 0.355 e. The number of benzene rings is 1. The maximum Gasteiger partial charge on any atom is 0.265 e. The van der Waals surface area contributed by atoms with Crippen molar-refractivity contribution in [3.8, 4) is 10.6 Å². The molecule has 1 saturated heterocycles. The van der Waals surface area contributed by atoms with E-state index in [2.05, 4.69) is 60.2 Å². The molecule has 0 spiro atoms. The van der Waals surface area contributed by atoms with Crippen LogP contribution in [0.3, 0.4) is 0 Å². The Morgan fingerprint density at radius 1 is 1.12 bits per heavy atom. The van der Waals surface area contributed by atoms with E-state index in [1.807, 2.05) is 11.8 Å². The van der Waals surface area contributed by atoms with Gasteiger partial charge in [0.25, 0.3) is 5.91 Å². The highest BCUT2D eigenvalue weighted by atomic mass is 32.1. The van der Waals surface area contributed by atoms with E-state index in [0.717, 1.165) is 53.6 Å². The van der Waals surface area contributed by atoms with Gasteiger partial charge in [-0.25, -0.2) is 4.98 Å². The summed E-state index contributed by atoms with van der Waals surface area (Å²) < 4.78 is 0. The third-order valence-electron chi connectivity index (χ3n) is 6.31. The zero-order chi connectivity index (χ0) is 23.1. The molecule has 0 unspecified atom stereocenters. The molecule has 2 heterocycles. The fourth-order valence-electron chi connectivity index (χ4n) is 4.13. The summed E-state index contributed by atoms with van der Waals surface area (Å²) in [5, 5.41) is 3.94. The van der Waals surface area contributed by atoms with Gasteiger partial charge < -0.3 is 15.1 Å². The molecule has 0 atom stereocenters. The normalized spacial score (nSPS) is 14.7. The molecular weight excluding hydrogens is 420 g/mol. The second-order valence-corrected chi connectivity index (χ2v) is 9.62. The lowest BCUT2D eigenvalue weighted by Gasteiger charge is -2.31. The average molecular weight is 457 g/mol. The molecule has 7 heteroatoms. The predicted octanol–water partition coefficient (Wildman–Crippen LogP) is 4.13. The molecule has 1 aliphatic heterocycles. The van der Waals surface area contributed by atoms with Crippen LogP contribution >= 0.6 is 11.3 Å². The van der Waals surface area contributed by atoms with Crippen LogP contribution in [0.25, 0.3) is 10.6 Å². The standard InChI is InChI=1S/C25H36N4O2S/c1-5-28(6-2)16-13-26-22(30)17-20-11-14-29(15-12-20)25(31)23-19(4)27-24(32-23)21-9-7-18(3)8-10-21/h7-10,20H,5-6,11-17H2,1-4H3,(H,26,30). The van der Waals surface area contributed by atoms with E-state index in [1.165, 1.54) is 16.9 Å². The number of hydrogen-bond donors (Lipinski definition) is 1. The van der Waals surface area contributed by atoms with Crippen molar-refractivity contribution < 1.29 is 9.59 Å². The van der Waals surface area contributed by atoms with Gasteiger partial charge in [0.15, 0.2) is 0 Å². The first kappa shape index (κ1) is 24.4. The lowest BCUT2D eigenvalue weighted by Crippen LogP contribution is -2.40. The van der Waals surface area contributed by atoms with Crippen LogP contribution in [0, 0.1) is 19.8 Å². The number of carbonyl (C=O) groups excluding carboxylic acids is 2. The lowest BCUT2D eigenvalue weighted by atomic mass is 9.93. The van der Waals surface area contributed by atoms with Crippen molar-refractivity contribution >= 4 is 23.2 Å². The van der Waals surface area contributed by atoms with Crippen molar-refractivity contribution in [2.45, 2.75) is 47.0 Å². The zero-order valence-electron chi connectivity index (χ0n) is 19.8. The summed E-state index contributed by atoms with van der Waals surface area (Å²) in [5.41, 5.74) is 3.05. The Bertz CT molecular complexity index is 897. The van der Waals surface area contributed by atoms with Crippen LogP contribution in [-0.4, -0.2) is 65.9 Å².